The zero-order chi connectivity index (χ0) is 12.3. The molecule has 1 aromatic rings. The zero-order valence-corrected chi connectivity index (χ0v) is 10.7. The molecule has 1 aliphatic rings. The average Bonchev–Trinajstić information content (AvgIpc) is 2.38. The number of hydrogen-bond acceptors (Lipinski definition) is 3. The molecule has 2 rings (SSSR count). The molecule has 0 N–H and O–H groups in total. The minimum atomic E-state index is 0.390. The summed E-state index contributed by atoms with van der Waals surface area (Å²) in [6.07, 6.45) is 6.29. The normalized spacial score (nSPS) is 16.5. The van der Waals surface area contributed by atoms with Gasteiger partial charge in [-0.25, -0.2) is 4.98 Å². The van der Waals surface area contributed by atoms with Gasteiger partial charge in [0.1, 0.15) is 11.0 Å². The van der Waals surface area contributed by atoms with Crippen molar-refractivity contribution in [3.8, 4) is 6.07 Å². The molecule has 0 unspecified atom stereocenters. The molecule has 0 amide bonds. The van der Waals surface area contributed by atoms with E-state index in [0.717, 1.165) is 5.82 Å². The Kier molecular flexibility index (Phi) is 3.86. The molecule has 1 aliphatic carbocycles. The highest BCUT2D eigenvalue weighted by molar-refractivity contribution is 6.29. The van der Waals surface area contributed by atoms with Gasteiger partial charge in [0.15, 0.2) is 0 Å². The van der Waals surface area contributed by atoms with Crippen molar-refractivity contribution in [1.29, 1.82) is 5.26 Å². The third-order valence-electron chi connectivity index (χ3n) is 3.39. The van der Waals surface area contributed by atoms with E-state index in [4.69, 9.17) is 16.9 Å². The Hall–Kier alpha value is -1.27. The lowest BCUT2D eigenvalue weighted by Gasteiger charge is -2.32. The second kappa shape index (κ2) is 5.37. The predicted octanol–water partition coefficient (Wildman–Crippen LogP) is 3.38. The summed E-state index contributed by atoms with van der Waals surface area (Å²) in [6, 6.07) is 6.05. The Morgan fingerprint density at radius 2 is 2.06 bits per heavy atom. The fourth-order valence-corrected chi connectivity index (χ4v) is 2.59. The minimum absolute atomic E-state index is 0.390. The number of aromatic nitrogens is 1. The smallest absolute Gasteiger partial charge is 0.132 e. The molecule has 1 aromatic heterocycles. The molecule has 0 spiro atoms. The first-order valence-electron chi connectivity index (χ1n) is 6.01. The van der Waals surface area contributed by atoms with Crippen molar-refractivity contribution >= 4 is 17.4 Å². The summed E-state index contributed by atoms with van der Waals surface area (Å²) in [7, 11) is 2.04. The van der Waals surface area contributed by atoms with Crippen LogP contribution in [-0.4, -0.2) is 18.1 Å². The van der Waals surface area contributed by atoms with Gasteiger partial charge in [-0.3, -0.25) is 0 Å². The van der Waals surface area contributed by atoms with Crippen LogP contribution < -0.4 is 4.90 Å². The van der Waals surface area contributed by atoms with Gasteiger partial charge in [0.05, 0.1) is 11.6 Å². The molecular formula is C13H16ClN3. The predicted molar refractivity (Wildman–Crippen MR) is 69.2 cm³/mol. The van der Waals surface area contributed by atoms with Gasteiger partial charge in [-0.15, -0.1) is 0 Å². The highest BCUT2D eigenvalue weighted by atomic mass is 35.5. The van der Waals surface area contributed by atoms with Crippen LogP contribution in [0.5, 0.6) is 0 Å². The van der Waals surface area contributed by atoms with Crippen molar-refractivity contribution in [2.45, 2.75) is 38.1 Å². The van der Waals surface area contributed by atoms with Gasteiger partial charge in [-0.05, 0) is 25.0 Å². The summed E-state index contributed by atoms with van der Waals surface area (Å²) in [5.41, 5.74) is 0.572. The summed E-state index contributed by atoms with van der Waals surface area (Å²) in [6.45, 7) is 0. The third kappa shape index (κ3) is 2.89. The molecule has 1 saturated carbocycles. The molecule has 4 heteroatoms. The summed E-state index contributed by atoms with van der Waals surface area (Å²) in [4.78, 5) is 6.46. The van der Waals surface area contributed by atoms with Crippen LogP contribution in [0.4, 0.5) is 5.82 Å². The Balaban J connectivity index is 2.20. The molecule has 0 aliphatic heterocycles. The topological polar surface area (TPSA) is 39.9 Å². The Morgan fingerprint density at radius 1 is 1.35 bits per heavy atom. The quantitative estimate of drug-likeness (QED) is 0.755. The molecule has 0 radical (unpaired) electrons. The first-order chi connectivity index (χ1) is 8.20. The van der Waals surface area contributed by atoms with Crippen LogP contribution in [0.15, 0.2) is 12.1 Å². The van der Waals surface area contributed by atoms with Crippen molar-refractivity contribution in [2.24, 2.45) is 0 Å². The Morgan fingerprint density at radius 3 is 2.71 bits per heavy atom. The molecule has 17 heavy (non-hydrogen) atoms. The van der Waals surface area contributed by atoms with E-state index in [9.17, 15) is 0 Å². The lowest BCUT2D eigenvalue weighted by molar-refractivity contribution is 0.426. The van der Waals surface area contributed by atoms with Crippen LogP contribution in [0, 0.1) is 11.3 Å². The van der Waals surface area contributed by atoms with Crippen LogP contribution >= 0.6 is 11.6 Å². The first-order valence-corrected chi connectivity index (χ1v) is 6.39. The summed E-state index contributed by atoms with van der Waals surface area (Å²) < 4.78 is 0. The molecule has 1 fully saturated rings. The lowest BCUT2D eigenvalue weighted by Crippen LogP contribution is -2.33. The molecule has 90 valence electrons. The number of rotatable bonds is 2. The minimum Gasteiger partial charge on any atom is -0.357 e. The van der Waals surface area contributed by atoms with Gasteiger partial charge in [-0.1, -0.05) is 30.9 Å². The van der Waals surface area contributed by atoms with Crippen LogP contribution in [0.25, 0.3) is 0 Å². The number of anilines is 1. The van der Waals surface area contributed by atoms with Gasteiger partial charge in [0, 0.05) is 13.1 Å². The monoisotopic (exact) mass is 249 g/mol. The second-order valence-corrected chi connectivity index (χ2v) is 4.94. The molecular weight excluding hydrogens is 234 g/mol. The Labute approximate surface area is 107 Å². The molecule has 0 bridgehead atoms. The van der Waals surface area contributed by atoms with E-state index in [1.165, 1.54) is 32.1 Å². The van der Waals surface area contributed by atoms with Crippen molar-refractivity contribution in [3.63, 3.8) is 0 Å². The average molecular weight is 250 g/mol. The van der Waals surface area contributed by atoms with Crippen LogP contribution in [0.3, 0.4) is 0 Å². The number of pyridine rings is 1. The van der Waals surface area contributed by atoms with Gasteiger partial charge < -0.3 is 4.90 Å². The fraction of sp³-hybridized carbons (Fsp3) is 0.538. The largest absolute Gasteiger partial charge is 0.357 e. The van der Waals surface area contributed by atoms with Gasteiger partial charge in [0.2, 0.25) is 0 Å². The number of nitriles is 1. The fourth-order valence-electron chi connectivity index (χ4n) is 2.38. The first kappa shape index (κ1) is 12.2. The molecule has 0 atom stereocenters. The summed E-state index contributed by atoms with van der Waals surface area (Å²) >= 11 is 5.92. The number of halogens is 1. The van der Waals surface area contributed by atoms with E-state index in [0.29, 0.717) is 16.8 Å². The van der Waals surface area contributed by atoms with Crippen molar-refractivity contribution in [1.82, 2.24) is 4.98 Å². The maximum Gasteiger partial charge on any atom is 0.132 e. The Bertz CT molecular complexity index is 433. The van der Waals surface area contributed by atoms with Crippen LogP contribution in [0.2, 0.25) is 5.15 Å². The maximum atomic E-state index is 8.92. The molecule has 3 nitrogen and oxygen atoms in total. The zero-order valence-electron chi connectivity index (χ0n) is 9.99. The van der Waals surface area contributed by atoms with Crippen LogP contribution in [0.1, 0.15) is 37.7 Å². The second-order valence-electron chi connectivity index (χ2n) is 4.55. The lowest BCUT2D eigenvalue weighted by atomic mass is 9.94. The van der Waals surface area contributed by atoms with E-state index in [1.54, 1.807) is 12.1 Å². The van der Waals surface area contributed by atoms with E-state index >= 15 is 0 Å². The SMILES string of the molecule is CN(c1cc(C#N)cc(Cl)n1)C1CCCCC1. The number of hydrogen-bond donors (Lipinski definition) is 0. The van der Waals surface area contributed by atoms with E-state index in [1.807, 2.05) is 7.05 Å². The molecule has 1 heterocycles. The van der Waals surface area contributed by atoms with Gasteiger partial charge in [0.25, 0.3) is 0 Å². The van der Waals surface area contributed by atoms with Crippen LogP contribution in [-0.2, 0) is 0 Å². The van der Waals surface area contributed by atoms with E-state index in [2.05, 4.69) is 16.0 Å². The summed E-state index contributed by atoms with van der Waals surface area (Å²) in [5.74, 6) is 0.806. The van der Waals surface area contributed by atoms with E-state index < -0.39 is 0 Å². The number of nitrogens with zero attached hydrogens (tertiary/aromatic N) is 3. The molecule has 0 aromatic carbocycles. The van der Waals surface area contributed by atoms with Gasteiger partial charge >= 0.3 is 0 Å². The molecule has 0 saturated heterocycles. The highest BCUT2D eigenvalue weighted by Crippen LogP contribution is 2.26. The standard InChI is InChI=1S/C13H16ClN3/c1-17(11-5-3-2-4-6-11)13-8-10(9-15)7-12(14)16-13/h7-8,11H,2-6H2,1H3. The van der Waals surface area contributed by atoms with Crippen molar-refractivity contribution in [3.05, 3.63) is 22.8 Å². The maximum absolute atomic E-state index is 8.92. The summed E-state index contributed by atoms with van der Waals surface area (Å²) in [5, 5.41) is 9.31. The van der Waals surface area contributed by atoms with Crippen molar-refractivity contribution in [2.75, 3.05) is 11.9 Å². The van der Waals surface area contributed by atoms with Gasteiger partial charge in [-0.2, -0.15) is 5.26 Å². The van der Waals surface area contributed by atoms with E-state index in [-0.39, 0.29) is 0 Å². The third-order valence-corrected chi connectivity index (χ3v) is 3.59. The van der Waals surface area contributed by atoms with Crippen molar-refractivity contribution < 1.29 is 0 Å². The highest BCUT2D eigenvalue weighted by Gasteiger charge is 2.19.